The van der Waals surface area contributed by atoms with Gasteiger partial charge in [-0.05, 0) is 24.6 Å². The molecule has 2 aliphatic heterocycles. The van der Waals surface area contributed by atoms with E-state index in [4.69, 9.17) is 4.74 Å². The van der Waals surface area contributed by atoms with Crippen LogP contribution in [0.15, 0.2) is 45.0 Å². The number of thioether (sulfide) groups is 1. The van der Waals surface area contributed by atoms with Crippen molar-refractivity contribution in [1.29, 1.82) is 0 Å². The van der Waals surface area contributed by atoms with Crippen LogP contribution in [0.4, 0.5) is 0 Å². The Morgan fingerprint density at radius 1 is 1.19 bits per heavy atom. The van der Waals surface area contributed by atoms with Crippen LogP contribution in [0.5, 0.6) is 0 Å². The van der Waals surface area contributed by atoms with Crippen molar-refractivity contribution < 1.29 is 22.7 Å². The predicted molar refractivity (Wildman–Crippen MR) is 104 cm³/mol. The summed E-state index contributed by atoms with van der Waals surface area (Å²) in [5, 5.41) is -1.17. The first-order valence-electron chi connectivity index (χ1n) is 8.58. The second kappa shape index (κ2) is 6.76. The molecule has 2 heterocycles. The second-order valence-electron chi connectivity index (χ2n) is 7.74. The SMILES string of the molecule is CO[C@H]1C(=O)N2[C@@H](C(=O)C(C)(C)C)C(C)=C(Sc3ccccc3)S(=O)(=O)[C@H]12. The predicted octanol–water partition coefficient (Wildman–Crippen LogP) is 2.61. The molecule has 0 radical (unpaired) electrons. The minimum atomic E-state index is -3.85. The van der Waals surface area contributed by atoms with Crippen molar-refractivity contribution in [2.24, 2.45) is 5.41 Å². The molecular formula is C19H23NO5S2. The molecule has 6 nitrogen and oxygen atoms in total. The lowest BCUT2D eigenvalue weighted by Gasteiger charge is -2.52. The molecule has 0 unspecified atom stereocenters. The molecule has 0 bridgehead atoms. The minimum Gasteiger partial charge on any atom is -0.368 e. The maximum absolute atomic E-state index is 13.3. The van der Waals surface area contributed by atoms with E-state index in [2.05, 4.69) is 0 Å². The number of sulfone groups is 1. The molecule has 1 saturated heterocycles. The van der Waals surface area contributed by atoms with Gasteiger partial charge in [0, 0.05) is 17.4 Å². The van der Waals surface area contributed by atoms with Gasteiger partial charge in [0.15, 0.2) is 17.3 Å². The monoisotopic (exact) mass is 409 g/mol. The summed E-state index contributed by atoms with van der Waals surface area (Å²) < 4.78 is 31.8. The van der Waals surface area contributed by atoms with Gasteiger partial charge in [0.1, 0.15) is 10.3 Å². The van der Waals surface area contributed by atoms with Crippen molar-refractivity contribution in [1.82, 2.24) is 4.90 Å². The molecule has 0 N–H and O–H groups in total. The number of methoxy groups -OCH3 is 1. The summed E-state index contributed by atoms with van der Waals surface area (Å²) in [6, 6.07) is 8.22. The number of ketones is 1. The van der Waals surface area contributed by atoms with Gasteiger partial charge in [-0.1, -0.05) is 50.7 Å². The van der Waals surface area contributed by atoms with Crippen LogP contribution in [0, 0.1) is 5.41 Å². The Kier molecular flexibility index (Phi) is 5.03. The van der Waals surface area contributed by atoms with E-state index in [1.54, 1.807) is 27.7 Å². The Balaban J connectivity index is 2.16. The standard InChI is InChI=1S/C19H23NO5S2/c1-11-13(15(21)19(2,3)4)20-16(22)14(25-5)17(20)27(23,24)18(11)26-12-9-7-6-8-10-12/h6-10,13-14,17H,1-5H3/t13-,14+,17-/m1/s1. The van der Waals surface area contributed by atoms with Crippen LogP contribution in [0.25, 0.3) is 0 Å². The molecule has 1 aromatic rings. The molecule has 2 aliphatic rings. The fourth-order valence-electron chi connectivity index (χ4n) is 3.38. The van der Waals surface area contributed by atoms with Crippen LogP contribution in [0.2, 0.25) is 0 Å². The van der Waals surface area contributed by atoms with E-state index in [1.807, 2.05) is 30.3 Å². The van der Waals surface area contributed by atoms with Crippen molar-refractivity contribution >= 4 is 33.3 Å². The molecule has 3 rings (SSSR count). The van der Waals surface area contributed by atoms with Crippen LogP contribution in [-0.2, 0) is 24.2 Å². The summed E-state index contributed by atoms with van der Waals surface area (Å²) >= 11 is 1.11. The van der Waals surface area contributed by atoms with Gasteiger partial charge in [0.2, 0.25) is 9.84 Å². The number of hydrogen-bond acceptors (Lipinski definition) is 6. The normalized spacial score (nSPS) is 27.2. The Bertz CT molecular complexity index is 915. The van der Waals surface area contributed by atoms with Crippen molar-refractivity contribution in [3.63, 3.8) is 0 Å². The third-order valence-electron chi connectivity index (χ3n) is 4.81. The number of carbonyl (C=O) groups excluding carboxylic acids is 2. The van der Waals surface area contributed by atoms with Crippen molar-refractivity contribution in [3.05, 3.63) is 40.1 Å². The lowest BCUT2D eigenvalue weighted by Crippen LogP contribution is -2.74. The quantitative estimate of drug-likeness (QED) is 0.711. The van der Waals surface area contributed by atoms with Crippen molar-refractivity contribution in [2.75, 3.05) is 7.11 Å². The molecule has 3 atom stereocenters. The number of fused-ring (bicyclic) bond motifs is 1. The molecule has 1 aromatic carbocycles. The smallest absolute Gasteiger partial charge is 0.257 e. The van der Waals surface area contributed by atoms with Gasteiger partial charge in [-0.3, -0.25) is 9.59 Å². The number of hydrogen-bond donors (Lipinski definition) is 0. The average Bonchev–Trinajstić information content (AvgIpc) is 2.59. The fourth-order valence-corrected chi connectivity index (χ4v) is 7.07. The van der Waals surface area contributed by atoms with Crippen LogP contribution in [-0.4, -0.2) is 49.6 Å². The van der Waals surface area contributed by atoms with Gasteiger partial charge in [-0.25, -0.2) is 8.42 Å². The zero-order valence-electron chi connectivity index (χ0n) is 15.9. The average molecular weight is 410 g/mol. The summed E-state index contributed by atoms with van der Waals surface area (Å²) in [4.78, 5) is 27.6. The number of ether oxygens (including phenoxy) is 1. The van der Waals surface area contributed by atoms with Gasteiger partial charge in [0.25, 0.3) is 5.91 Å². The van der Waals surface area contributed by atoms with E-state index in [0.29, 0.717) is 5.57 Å². The molecular weight excluding hydrogens is 386 g/mol. The summed E-state index contributed by atoms with van der Waals surface area (Å²) in [5.74, 6) is -0.647. The van der Waals surface area contributed by atoms with E-state index < -0.39 is 38.7 Å². The third kappa shape index (κ3) is 3.13. The zero-order chi connectivity index (χ0) is 20.1. The van der Waals surface area contributed by atoms with Gasteiger partial charge >= 0.3 is 0 Å². The maximum atomic E-state index is 13.3. The minimum absolute atomic E-state index is 0.132. The summed E-state index contributed by atoms with van der Waals surface area (Å²) in [7, 11) is -2.54. The highest BCUT2D eigenvalue weighted by atomic mass is 32.3. The number of Topliss-reactive ketones (excluding diaryl/α,β-unsaturated/α-hetero) is 1. The zero-order valence-corrected chi connectivity index (χ0v) is 17.6. The molecule has 1 fully saturated rings. The van der Waals surface area contributed by atoms with E-state index in [1.165, 1.54) is 12.0 Å². The number of rotatable bonds is 4. The number of nitrogens with zero attached hydrogens (tertiary/aromatic N) is 1. The van der Waals surface area contributed by atoms with Gasteiger partial charge < -0.3 is 9.64 Å². The highest BCUT2D eigenvalue weighted by molar-refractivity contribution is 8.19. The highest BCUT2D eigenvalue weighted by Crippen LogP contribution is 2.47. The first-order valence-corrected chi connectivity index (χ1v) is 10.9. The van der Waals surface area contributed by atoms with Gasteiger partial charge in [-0.15, -0.1) is 0 Å². The Morgan fingerprint density at radius 3 is 2.30 bits per heavy atom. The maximum Gasteiger partial charge on any atom is 0.257 e. The van der Waals surface area contributed by atoms with E-state index in [-0.39, 0.29) is 10.0 Å². The Hall–Kier alpha value is -1.64. The Morgan fingerprint density at radius 2 is 1.78 bits per heavy atom. The Labute approximate surface area is 163 Å². The number of β-lactam (4-membered cyclic amide) rings is 1. The lowest BCUT2D eigenvalue weighted by atomic mass is 9.82. The molecule has 0 spiro atoms. The van der Waals surface area contributed by atoms with Crippen LogP contribution < -0.4 is 0 Å². The summed E-state index contributed by atoms with van der Waals surface area (Å²) in [5.41, 5.74) is -0.332. The largest absolute Gasteiger partial charge is 0.368 e. The molecule has 0 saturated carbocycles. The van der Waals surface area contributed by atoms with Crippen molar-refractivity contribution in [3.8, 4) is 0 Å². The van der Waals surface area contributed by atoms with E-state index in [9.17, 15) is 18.0 Å². The molecule has 8 heteroatoms. The van der Waals surface area contributed by atoms with Crippen LogP contribution in [0.3, 0.4) is 0 Å². The summed E-state index contributed by atoms with van der Waals surface area (Å²) in [6.45, 7) is 6.93. The molecule has 0 aromatic heterocycles. The van der Waals surface area contributed by atoms with Crippen LogP contribution in [0.1, 0.15) is 27.7 Å². The molecule has 1 amide bonds. The van der Waals surface area contributed by atoms with E-state index in [0.717, 1.165) is 16.7 Å². The molecule has 27 heavy (non-hydrogen) atoms. The number of amides is 1. The summed E-state index contributed by atoms with van der Waals surface area (Å²) in [6.07, 6.45) is -1.08. The topological polar surface area (TPSA) is 80.8 Å². The van der Waals surface area contributed by atoms with Crippen LogP contribution >= 0.6 is 11.8 Å². The van der Waals surface area contributed by atoms with Gasteiger partial charge in [0.05, 0.1) is 0 Å². The number of carbonyl (C=O) groups is 2. The van der Waals surface area contributed by atoms with Crippen molar-refractivity contribution in [2.45, 2.75) is 50.1 Å². The fraction of sp³-hybridized carbons (Fsp3) is 0.474. The first-order chi connectivity index (χ1) is 12.5. The second-order valence-corrected chi connectivity index (χ2v) is 11.1. The molecule has 146 valence electrons. The highest BCUT2D eigenvalue weighted by Gasteiger charge is 2.63. The first kappa shape index (κ1) is 20.1. The third-order valence-corrected chi connectivity index (χ3v) is 8.72. The number of benzene rings is 1. The van der Waals surface area contributed by atoms with Gasteiger partial charge in [-0.2, -0.15) is 0 Å². The van der Waals surface area contributed by atoms with E-state index >= 15 is 0 Å². The molecule has 0 aliphatic carbocycles. The lowest BCUT2D eigenvalue weighted by molar-refractivity contribution is -0.169.